The summed E-state index contributed by atoms with van der Waals surface area (Å²) in [6.45, 7) is 3.74. The Hall–Kier alpha value is -1.93. The number of anilines is 1. The van der Waals surface area contributed by atoms with Gasteiger partial charge in [-0.15, -0.1) is 0 Å². The van der Waals surface area contributed by atoms with Gasteiger partial charge in [-0.3, -0.25) is 8.99 Å². The molecule has 0 bridgehead atoms. The highest BCUT2D eigenvalue weighted by Crippen LogP contribution is 2.38. The Kier molecular flexibility index (Phi) is 3.89. The normalized spacial score (nSPS) is 13.4. The zero-order chi connectivity index (χ0) is 16.8. The summed E-state index contributed by atoms with van der Waals surface area (Å²) in [6.07, 6.45) is 0. The maximum Gasteiger partial charge on any atom is 0.269 e. The number of benzene rings is 1. The number of aromatic nitrogens is 2. The van der Waals surface area contributed by atoms with Gasteiger partial charge in [-0.05, 0) is 26.0 Å². The van der Waals surface area contributed by atoms with E-state index in [4.69, 9.17) is 21.1 Å². The van der Waals surface area contributed by atoms with Gasteiger partial charge in [0, 0.05) is 19.7 Å². The zero-order valence-electron chi connectivity index (χ0n) is 12.9. The molecule has 0 atom stereocenters. The Labute approximate surface area is 139 Å². The lowest BCUT2D eigenvalue weighted by Crippen LogP contribution is -2.31. The Bertz CT molecular complexity index is 863. The van der Waals surface area contributed by atoms with Gasteiger partial charge in [-0.25, -0.2) is 8.42 Å². The smallest absolute Gasteiger partial charge is 0.269 e. The number of hydrogen-bond acceptors (Lipinski definition) is 5. The first-order valence-electron chi connectivity index (χ1n) is 6.97. The van der Waals surface area contributed by atoms with Crippen molar-refractivity contribution in [2.24, 2.45) is 7.05 Å². The van der Waals surface area contributed by atoms with Crippen molar-refractivity contribution in [1.82, 2.24) is 9.78 Å². The molecule has 124 valence electrons. The van der Waals surface area contributed by atoms with Crippen LogP contribution >= 0.6 is 11.6 Å². The first-order valence-corrected chi connectivity index (χ1v) is 8.79. The minimum absolute atomic E-state index is 0.0150. The third-order valence-electron chi connectivity index (χ3n) is 3.58. The quantitative estimate of drug-likeness (QED) is 0.839. The number of sulfonamides is 1. The van der Waals surface area contributed by atoms with E-state index in [2.05, 4.69) is 5.10 Å². The second-order valence-electron chi connectivity index (χ2n) is 5.04. The predicted octanol–water partition coefficient (Wildman–Crippen LogP) is 2.33. The Morgan fingerprint density at radius 1 is 1.35 bits per heavy atom. The summed E-state index contributed by atoms with van der Waals surface area (Å²) in [5.41, 5.74) is 0.841. The summed E-state index contributed by atoms with van der Waals surface area (Å²) in [5, 5.41) is 4.16. The standard InChI is InChI=1S/C14H16ClN3O4S/c1-4-18(10-5-6-11-12(7-10)22-8-21-11)23(19,20)13-9(2)16-17(3)14(13)15/h5-7H,4,8H2,1-3H3. The summed E-state index contributed by atoms with van der Waals surface area (Å²) >= 11 is 6.13. The van der Waals surface area contributed by atoms with E-state index >= 15 is 0 Å². The van der Waals surface area contributed by atoms with Gasteiger partial charge >= 0.3 is 0 Å². The van der Waals surface area contributed by atoms with Crippen LogP contribution in [0.3, 0.4) is 0 Å². The molecule has 0 radical (unpaired) electrons. The van der Waals surface area contributed by atoms with E-state index in [-0.39, 0.29) is 23.4 Å². The third-order valence-corrected chi connectivity index (χ3v) is 6.18. The van der Waals surface area contributed by atoms with Gasteiger partial charge in [0.25, 0.3) is 10.0 Å². The number of ether oxygens (including phenoxy) is 2. The lowest BCUT2D eigenvalue weighted by atomic mass is 10.3. The van der Waals surface area contributed by atoms with Crippen LogP contribution in [0.15, 0.2) is 23.1 Å². The predicted molar refractivity (Wildman–Crippen MR) is 85.7 cm³/mol. The van der Waals surface area contributed by atoms with Gasteiger partial charge in [0.1, 0.15) is 10.0 Å². The van der Waals surface area contributed by atoms with Crippen molar-refractivity contribution >= 4 is 27.3 Å². The van der Waals surface area contributed by atoms with E-state index in [0.717, 1.165) is 0 Å². The van der Waals surface area contributed by atoms with Crippen molar-refractivity contribution < 1.29 is 17.9 Å². The molecule has 2 aromatic rings. The summed E-state index contributed by atoms with van der Waals surface area (Å²) in [7, 11) is -2.24. The molecule has 1 aromatic heterocycles. The lowest BCUT2D eigenvalue weighted by Gasteiger charge is -2.23. The van der Waals surface area contributed by atoms with Crippen LogP contribution in [0.25, 0.3) is 0 Å². The van der Waals surface area contributed by atoms with Gasteiger partial charge in [-0.2, -0.15) is 5.10 Å². The molecule has 0 spiro atoms. The van der Waals surface area contributed by atoms with Crippen molar-refractivity contribution in [3.8, 4) is 11.5 Å². The fourth-order valence-corrected chi connectivity index (χ4v) is 4.72. The lowest BCUT2D eigenvalue weighted by molar-refractivity contribution is 0.174. The van der Waals surface area contributed by atoms with Crippen molar-refractivity contribution in [2.45, 2.75) is 18.7 Å². The van der Waals surface area contributed by atoms with Crippen LogP contribution in [-0.4, -0.2) is 31.5 Å². The van der Waals surface area contributed by atoms with Gasteiger partial charge in [0.05, 0.1) is 11.4 Å². The molecule has 9 heteroatoms. The largest absolute Gasteiger partial charge is 0.454 e. The first-order chi connectivity index (χ1) is 10.9. The zero-order valence-corrected chi connectivity index (χ0v) is 14.5. The average molecular weight is 358 g/mol. The maximum atomic E-state index is 13.0. The van der Waals surface area contributed by atoms with Crippen LogP contribution in [0, 0.1) is 6.92 Å². The molecule has 0 saturated carbocycles. The molecule has 1 aromatic carbocycles. The fraction of sp³-hybridized carbons (Fsp3) is 0.357. The average Bonchev–Trinajstić information content (AvgIpc) is 3.04. The van der Waals surface area contributed by atoms with Crippen molar-refractivity contribution in [2.75, 3.05) is 17.6 Å². The number of aryl methyl sites for hydroxylation is 2. The third kappa shape index (κ3) is 2.51. The van der Waals surface area contributed by atoms with Crippen LogP contribution < -0.4 is 13.8 Å². The number of rotatable bonds is 4. The van der Waals surface area contributed by atoms with Crippen molar-refractivity contribution in [3.63, 3.8) is 0 Å². The van der Waals surface area contributed by atoms with E-state index in [1.165, 1.54) is 8.99 Å². The van der Waals surface area contributed by atoms with E-state index in [1.807, 2.05) is 0 Å². The maximum absolute atomic E-state index is 13.0. The molecular formula is C14H16ClN3O4S. The highest BCUT2D eigenvalue weighted by Gasteiger charge is 2.31. The Morgan fingerprint density at radius 2 is 2.04 bits per heavy atom. The second kappa shape index (κ2) is 5.61. The van der Waals surface area contributed by atoms with E-state index in [9.17, 15) is 8.42 Å². The summed E-state index contributed by atoms with van der Waals surface area (Å²) in [4.78, 5) is 0.0150. The molecule has 1 aliphatic rings. The molecule has 0 unspecified atom stereocenters. The van der Waals surface area contributed by atoms with Gasteiger partial charge < -0.3 is 9.47 Å². The Balaban J connectivity index is 2.09. The molecule has 0 aliphatic carbocycles. The summed E-state index contributed by atoms with van der Waals surface area (Å²) in [5.74, 6) is 1.11. The molecule has 7 nitrogen and oxygen atoms in total. The first kappa shape index (κ1) is 15.9. The minimum Gasteiger partial charge on any atom is -0.454 e. The molecule has 3 rings (SSSR count). The molecule has 1 aliphatic heterocycles. The van der Waals surface area contributed by atoms with E-state index in [1.54, 1.807) is 39.1 Å². The summed E-state index contributed by atoms with van der Waals surface area (Å²) < 4.78 is 39.3. The van der Waals surface area contributed by atoms with Crippen LogP contribution in [-0.2, 0) is 17.1 Å². The highest BCUT2D eigenvalue weighted by molar-refractivity contribution is 7.93. The number of nitrogens with zero attached hydrogens (tertiary/aromatic N) is 3. The molecule has 0 amide bonds. The van der Waals surface area contributed by atoms with Crippen molar-refractivity contribution in [3.05, 3.63) is 29.0 Å². The monoisotopic (exact) mass is 357 g/mol. The molecule has 0 fully saturated rings. The van der Waals surface area contributed by atoms with E-state index in [0.29, 0.717) is 22.9 Å². The SMILES string of the molecule is CCN(c1ccc2c(c1)OCO2)S(=O)(=O)c1c(C)nn(C)c1Cl. The molecule has 0 saturated heterocycles. The number of fused-ring (bicyclic) bond motifs is 1. The molecule has 23 heavy (non-hydrogen) atoms. The fourth-order valence-electron chi connectivity index (χ4n) is 2.55. The van der Waals surface area contributed by atoms with E-state index < -0.39 is 10.0 Å². The van der Waals surface area contributed by atoms with Crippen LogP contribution in [0.2, 0.25) is 5.15 Å². The number of hydrogen-bond donors (Lipinski definition) is 0. The number of halogens is 1. The van der Waals surface area contributed by atoms with Crippen LogP contribution in [0.4, 0.5) is 5.69 Å². The van der Waals surface area contributed by atoms with Gasteiger partial charge in [0.15, 0.2) is 11.5 Å². The molecular weight excluding hydrogens is 342 g/mol. The van der Waals surface area contributed by atoms with Gasteiger partial charge in [-0.1, -0.05) is 11.6 Å². The topological polar surface area (TPSA) is 73.7 Å². The van der Waals surface area contributed by atoms with Crippen molar-refractivity contribution in [1.29, 1.82) is 0 Å². The molecule has 2 heterocycles. The molecule has 0 N–H and O–H groups in total. The highest BCUT2D eigenvalue weighted by atomic mass is 35.5. The van der Waals surface area contributed by atoms with Crippen LogP contribution in [0.1, 0.15) is 12.6 Å². The Morgan fingerprint density at radius 3 is 2.65 bits per heavy atom. The minimum atomic E-state index is -3.84. The summed E-state index contributed by atoms with van der Waals surface area (Å²) in [6, 6.07) is 5.00. The second-order valence-corrected chi connectivity index (χ2v) is 7.19. The van der Waals surface area contributed by atoms with Gasteiger partial charge in [0.2, 0.25) is 6.79 Å². The van der Waals surface area contributed by atoms with Crippen LogP contribution in [0.5, 0.6) is 11.5 Å².